The second kappa shape index (κ2) is 10.7. The van der Waals surface area contributed by atoms with E-state index in [1.165, 1.54) is 16.5 Å². The van der Waals surface area contributed by atoms with Crippen LogP contribution in [0.3, 0.4) is 0 Å². The molecule has 0 bridgehead atoms. The third-order valence-electron chi connectivity index (χ3n) is 6.05. The van der Waals surface area contributed by atoms with Crippen LogP contribution in [0.25, 0.3) is 10.8 Å². The summed E-state index contributed by atoms with van der Waals surface area (Å²) in [5, 5.41) is 5.84. The fourth-order valence-corrected chi connectivity index (χ4v) is 4.24. The van der Waals surface area contributed by atoms with E-state index in [2.05, 4.69) is 49.2 Å². The van der Waals surface area contributed by atoms with Gasteiger partial charge < -0.3 is 19.7 Å². The summed E-state index contributed by atoms with van der Waals surface area (Å²) in [4.78, 5) is 19.6. The number of hydrogen-bond acceptors (Lipinski definition) is 6. The van der Waals surface area contributed by atoms with E-state index in [1.54, 1.807) is 0 Å². The lowest BCUT2D eigenvalue weighted by Gasteiger charge is -2.28. The van der Waals surface area contributed by atoms with Gasteiger partial charge in [-0.3, -0.25) is 0 Å². The zero-order chi connectivity index (χ0) is 23.2. The number of fused-ring (bicyclic) bond motifs is 1. The molecule has 1 fully saturated rings. The number of benzene rings is 2. The topological polar surface area (TPSA) is 63.7 Å². The Morgan fingerprint density at radius 3 is 2.79 bits per heavy atom. The maximum absolute atomic E-state index is 12.7. The fraction of sp³-hybridized carbons (Fsp3) is 0.407. The molecule has 1 aliphatic heterocycles. The molecule has 0 spiro atoms. The molecule has 3 aromatic rings. The van der Waals surface area contributed by atoms with Crippen LogP contribution < -0.4 is 10.2 Å². The van der Waals surface area contributed by atoms with E-state index >= 15 is 0 Å². The van der Waals surface area contributed by atoms with Gasteiger partial charge in [0.15, 0.2) is 0 Å². The third kappa shape index (κ3) is 5.45. The van der Waals surface area contributed by atoms with E-state index < -0.39 is 0 Å². The number of carbonyl (C=O) groups excluding carboxylic acids is 1. The number of esters is 1. The van der Waals surface area contributed by atoms with E-state index in [-0.39, 0.29) is 12.0 Å². The molecule has 0 aliphatic carbocycles. The van der Waals surface area contributed by atoms with Crippen LogP contribution in [0.2, 0.25) is 0 Å². The molecule has 1 aromatic heterocycles. The van der Waals surface area contributed by atoms with Gasteiger partial charge in [0.25, 0.3) is 0 Å². The summed E-state index contributed by atoms with van der Waals surface area (Å²) >= 11 is 0. The molecule has 2 heterocycles. The van der Waals surface area contributed by atoms with Gasteiger partial charge in [-0.05, 0) is 55.5 Å². The molecule has 1 unspecified atom stereocenters. The summed E-state index contributed by atoms with van der Waals surface area (Å²) in [7, 11) is 0. The number of morpholine rings is 1. The highest BCUT2D eigenvalue weighted by molar-refractivity contribution is 5.96. The molecular weight excluding hydrogens is 414 g/mol. The van der Waals surface area contributed by atoms with Crippen molar-refractivity contribution in [3.05, 3.63) is 65.4 Å². The average Bonchev–Trinajstić information content (AvgIpc) is 2.84. The van der Waals surface area contributed by atoms with Crippen LogP contribution >= 0.6 is 0 Å². The molecule has 4 rings (SSSR count). The number of carbonyl (C=O) groups is 1. The second-order valence-electron chi connectivity index (χ2n) is 8.62. The van der Waals surface area contributed by atoms with E-state index in [0.717, 1.165) is 56.0 Å². The molecule has 1 aliphatic rings. The first-order valence-electron chi connectivity index (χ1n) is 11.8. The predicted molar refractivity (Wildman–Crippen MR) is 133 cm³/mol. The Hall–Kier alpha value is -3.12. The van der Waals surface area contributed by atoms with E-state index in [0.29, 0.717) is 12.2 Å². The Morgan fingerprint density at radius 2 is 2.00 bits per heavy atom. The predicted octanol–water partition coefficient (Wildman–Crippen LogP) is 5.51. The van der Waals surface area contributed by atoms with Crippen LogP contribution in [-0.2, 0) is 9.47 Å². The zero-order valence-corrected chi connectivity index (χ0v) is 19.8. The SMILES string of the molecule is CCCCOC(=O)c1ccccc1NC(C)c1cc(C)cc2cnc(N3CCOCC3)cc12. The second-order valence-corrected chi connectivity index (χ2v) is 8.62. The van der Waals surface area contributed by atoms with Gasteiger partial charge in [-0.25, -0.2) is 9.78 Å². The Kier molecular flexibility index (Phi) is 7.45. The highest BCUT2D eigenvalue weighted by Crippen LogP contribution is 2.31. The van der Waals surface area contributed by atoms with Gasteiger partial charge in [0.1, 0.15) is 5.82 Å². The van der Waals surface area contributed by atoms with E-state index in [4.69, 9.17) is 14.5 Å². The Bertz CT molecular complexity index is 1110. The molecule has 33 heavy (non-hydrogen) atoms. The number of rotatable bonds is 8. The molecule has 0 saturated carbocycles. The summed E-state index contributed by atoms with van der Waals surface area (Å²) in [6.07, 6.45) is 3.82. The van der Waals surface area contributed by atoms with Crippen molar-refractivity contribution in [3.8, 4) is 0 Å². The van der Waals surface area contributed by atoms with Crippen molar-refractivity contribution in [2.24, 2.45) is 0 Å². The maximum atomic E-state index is 12.7. The standard InChI is InChI=1S/C27H33N3O3/c1-4-5-12-33-27(31)22-8-6-7-9-25(22)29-20(3)23-16-19(2)15-21-18-28-26(17-24(21)23)30-10-13-32-14-11-30/h6-9,15-18,20,29H,4-5,10-14H2,1-3H3. The van der Waals surface area contributed by atoms with Crippen LogP contribution in [0.4, 0.5) is 11.5 Å². The third-order valence-corrected chi connectivity index (χ3v) is 6.05. The van der Waals surface area contributed by atoms with Gasteiger partial charge in [0, 0.05) is 36.4 Å². The summed E-state index contributed by atoms with van der Waals surface area (Å²) in [5.41, 5.74) is 3.70. The van der Waals surface area contributed by atoms with Gasteiger partial charge in [-0.15, -0.1) is 0 Å². The van der Waals surface area contributed by atoms with Gasteiger partial charge in [-0.1, -0.05) is 37.1 Å². The Balaban J connectivity index is 1.63. The molecule has 6 nitrogen and oxygen atoms in total. The molecule has 6 heteroatoms. The van der Waals surface area contributed by atoms with Gasteiger partial charge in [0.2, 0.25) is 0 Å². The van der Waals surface area contributed by atoms with Gasteiger partial charge >= 0.3 is 5.97 Å². The Labute approximate surface area is 195 Å². The number of unbranched alkanes of at least 4 members (excludes halogenated alkanes) is 1. The molecule has 174 valence electrons. The van der Waals surface area contributed by atoms with E-state index in [1.807, 2.05) is 30.5 Å². The number of ether oxygens (including phenoxy) is 2. The molecule has 0 radical (unpaired) electrons. The van der Waals surface area contributed by atoms with Crippen molar-refractivity contribution >= 4 is 28.2 Å². The average molecular weight is 448 g/mol. The number of anilines is 2. The number of nitrogens with zero attached hydrogens (tertiary/aromatic N) is 2. The maximum Gasteiger partial charge on any atom is 0.340 e. The minimum atomic E-state index is -0.286. The lowest BCUT2D eigenvalue weighted by molar-refractivity contribution is 0.0501. The smallest absolute Gasteiger partial charge is 0.340 e. The number of pyridine rings is 1. The van der Waals surface area contributed by atoms with Crippen molar-refractivity contribution in [2.75, 3.05) is 43.1 Å². The van der Waals surface area contributed by atoms with Crippen LogP contribution in [-0.4, -0.2) is 43.9 Å². The van der Waals surface area contributed by atoms with Crippen molar-refractivity contribution in [1.82, 2.24) is 4.98 Å². The lowest BCUT2D eigenvalue weighted by atomic mass is 9.97. The van der Waals surface area contributed by atoms with Crippen molar-refractivity contribution < 1.29 is 14.3 Å². The number of hydrogen-bond donors (Lipinski definition) is 1. The number of aromatic nitrogens is 1. The number of nitrogens with one attached hydrogen (secondary N) is 1. The van der Waals surface area contributed by atoms with Crippen LogP contribution in [0.1, 0.15) is 54.2 Å². The van der Waals surface area contributed by atoms with Crippen molar-refractivity contribution in [2.45, 2.75) is 39.7 Å². The zero-order valence-electron chi connectivity index (χ0n) is 19.8. The first-order valence-corrected chi connectivity index (χ1v) is 11.8. The van der Waals surface area contributed by atoms with Crippen LogP contribution in [0, 0.1) is 6.92 Å². The molecule has 1 atom stereocenters. The normalized spacial score (nSPS) is 14.8. The summed E-state index contributed by atoms with van der Waals surface area (Å²) in [6.45, 7) is 9.90. The lowest BCUT2D eigenvalue weighted by Crippen LogP contribution is -2.36. The van der Waals surface area contributed by atoms with Crippen molar-refractivity contribution in [1.29, 1.82) is 0 Å². The minimum absolute atomic E-state index is 0.0167. The quantitative estimate of drug-likeness (QED) is 0.363. The first kappa shape index (κ1) is 23.1. The monoisotopic (exact) mass is 447 g/mol. The summed E-state index contributed by atoms with van der Waals surface area (Å²) < 4.78 is 11.0. The highest BCUT2D eigenvalue weighted by atomic mass is 16.5. The molecule has 1 N–H and O–H groups in total. The first-order chi connectivity index (χ1) is 16.1. The molecular formula is C27H33N3O3. The number of aryl methyl sites for hydroxylation is 1. The van der Waals surface area contributed by atoms with Crippen LogP contribution in [0.5, 0.6) is 0 Å². The van der Waals surface area contributed by atoms with E-state index in [9.17, 15) is 4.79 Å². The molecule has 2 aromatic carbocycles. The summed E-state index contributed by atoms with van der Waals surface area (Å²) in [6, 6.07) is 14.1. The fourth-order valence-electron chi connectivity index (χ4n) is 4.24. The van der Waals surface area contributed by atoms with Gasteiger partial charge in [-0.2, -0.15) is 0 Å². The Morgan fingerprint density at radius 1 is 1.21 bits per heavy atom. The number of para-hydroxylation sites is 1. The summed E-state index contributed by atoms with van der Waals surface area (Å²) in [5.74, 6) is 0.689. The minimum Gasteiger partial charge on any atom is -0.462 e. The van der Waals surface area contributed by atoms with Gasteiger partial charge in [0.05, 0.1) is 25.4 Å². The largest absolute Gasteiger partial charge is 0.462 e. The molecule has 1 saturated heterocycles. The van der Waals surface area contributed by atoms with Crippen LogP contribution in [0.15, 0.2) is 48.7 Å². The van der Waals surface area contributed by atoms with Crippen molar-refractivity contribution in [3.63, 3.8) is 0 Å². The highest BCUT2D eigenvalue weighted by Gasteiger charge is 2.18. The molecule has 0 amide bonds.